The Morgan fingerprint density at radius 3 is 2.57 bits per heavy atom. The Hall–Kier alpha value is -2.05. The second-order valence-corrected chi connectivity index (χ2v) is 5.48. The Kier molecular flexibility index (Phi) is 5.63. The van der Waals surface area contributed by atoms with Gasteiger partial charge in [-0.15, -0.1) is 0 Å². The second kappa shape index (κ2) is 7.48. The van der Waals surface area contributed by atoms with Crippen molar-refractivity contribution < 1.29 is 23.3 Å². The fourth-order valence-corrected chi connectivity index (χ4v) is 2.22. The van der Waals surface area contributed by atoms with Crippen LogP contribution in [0.2, 0.25) is 5.02 Å². The van der Waals surface area contributed by atoms with E-state index in [4.69, 9.17) is 11.6 Å². The maximum absolute atomic E-state index is 13.2. The van der Waals surface area contributed by atoms with Crippen molar-refractivity contribution in [3.63, 3.8) is 0 Å². The lowest BCUT2D eigenvalue weighted by Crippen LogP contribution is -2.86. The molecule has 0 bridgehead atoms. The molecular weight excluding hydrogens is 329 g/mol. The number of benzene rings is 2. The molecule has 0 aromatic heterocycles. The van der Waals surface area contributed by atoms with Crippen molar-refractivity contribution in [1.29, 1.82) is 0 Å². The van der Waals surface area contributed by atoms with Crippen molar-refractivity contribution in [3.8, 4) is 0 Å². The molecule has 0 saturated carbocycles. The van der Waals surface area contributed by atoms with E-state index in [1.807, 2.05) is 0 Å². The van der Waals surface area contributed by atoms with E-state index in [0.29, 0.717) is 11.3 Å². The third kappa shape index (κ3) is 4.71. The van der Waals surface area contributed by atoms with Crippen LogP contribution in [0.3, 0.4) is 0 Å². The molecule has 0 saturated heterocycles. The van der Waals surface area contributed by atoms with E-state index in [2.05, 4.69) is 5.32 Å². The highest BCUT2D eigenvalue weighted by molar-refractivity contribution is 6.33. The van der Waals surface area contributed by atoms with Gasteiger partial charge in [-0.25, -0.2) is 13.2 Å². The highest BCUT2D eigenvalue weighted by Crippen LogP contribution is 2.22. The number of anilines is 1. The van der Waals surface area contributed by atoms with Gasteiger partial charge in [-0.05, 0) is 43.3 Å². The number of amides is 1. The van der Waals surface area contributed by atoms with Crippen LogP contribution in [0.5, 0.6) is 0 Å². The van der Waals surface area contributed by atoms with E-state index >= 15 is 0 Å². The van der Waals surface area contributed by atoms with Crippen molar-refractivity contribution in [3.05, 3.63) is 64.4 Å². The molecule has 23 heavy (non-hydrogen) atoms. The van der Waals surface area contributed by atoms with Crippen LogP contribution in [-0.2, 0) is 4.79 Å². The largest absolute Gasteiger partial charge is 0.333 e. The molecule has 2 rings (SSSR count). The van der Waals surface area contributed by atoms with Gasteiger partial charge >= 0.3 is 0 Å². The van der Waals surface area contributed by atoms with Crippen LogP contribution >= 0.6 is 11.6 Å². The first-order valence-electron chi connectivity index (χ1n) is 6.90. The SMILES string of the molecule is C[C@H]([NH2+]CC(=O)Nc1ccc(F)cc1Cl)c1ccc(F)c(F)c1. The summed E-state index contributed by atoms with van der Waals surface area (Å²) in [6.07, 6.45) is 0. The van der Waals surface area contributed by atoms with Gasteiger partial charge in [0.25, 0.3) is 5.91 Å². The van der Waals surface area contributed by atoms with Crippen molar-refractivity contribution in [2.75, 3.05) is 11.9 Å². The van der Waals surface area contributed by atoms with Gasteiger partial charge in [-0.2, -0.15) is 0 Å². The quantitative estimate of drug-likeness (QED) is 0.861. The lowest BCUT2D eigenvalue weighted by atomic mass is 10.1. The molecule has 0 aliphatic carbocycles. The standard InChI is InChI=1S/C16H14ClF3N2O/c1-9(10-2-4-13(19)14(20)6-10)21-8-16(23)22-15-5-3-11(18)7-12(15)17/h2-7,9,21H,8H2,1H3,(H,22,23)/p+1/t9-/m0/s1. The fraction of sp³-hybridized carbons (Fsp3) is 0.188. The van der Waals surface area contributed by atoms with E-state index in [0.717, 1.165) is 18.2 Å². The minimum Gasteiger partial charge on any atom is -0.333 e. The lowest BCUT2D eigenvalue weighted by molar-refractivity contribution is -0.682. The first-order chi connectivity index (χ1) is 10.9. The van der Waals surface area contributed by atoms with E-state index in [9.17, 15) is 18.0 Å². The molecular formula is C16H15ClF3N2O+. The smallest absolute Gasteiger partial charge is 0.279 e. The summed E-state index contributed by atoms with van der Waals surface area (Å²) in [6, 6.07) is 7.04. The second-order valence-electron chi connectivity index (χ2n) is 5.07. The van der Waals surface area contributed by atoms with Gasteiger partial charge < -0.3 is 10.6 Å². The Balaban J connectivity index is 1.91. The average molecular weight is 344 g/mol. The van der Waals surface area contributed by atoms with E-state index < -0.39 is 17.5 Å². The van der Waals surface area contributed by atoms with Gasteiger partial charge in [-0.1, -0.05) is 11.6 Å². The number of quaternary nitrogens is 1. The Morgan fingerprint density at radius 1 is 1.17 bits per heavy atom. The number of nitrogens with two attached hydrogens (primary N) is 1. The summed E-state index contributed by atoms with van der Waals surface area (Å²) in [4.78, 5) is 11.9. The maximum atomic E-state index is 13.2. The van der Waals surface area contributed by atoms with Crippen molar-refractivity contribution in [2.24, 2.45) is 0 Å². The Labute approximate surface area is 136 Å². The third-order valence-corrected chi connectivity index (χ3v) is 3.64. The highest BCUT2D eigenvalue weighted by Gasteiger charge is 2.14. The summed E-state index contributed by atoms with van der Waals surface area (Å²) in [5.74, 6) is -2.67. The molecule has 2 aromatic rings. The predicted octanol–water partition coefficient (Wildman–Crippen LogP) is 3.02. The molecule has 0 aliphatic rings. The van der Waals surface area contributed by atoms with Crippen LogP contribution in [0, 0.1) is 17.5 Å². The summed E-state index contributed by atoms with van der Waals surface area (Å²) in [6.45, 7) is 1.82. The van der Waals surface area contributed by atoms with Crippen molar-refractivity contribution in [2.45, 2.75) is 13.0 Å². The molecule has 0 heterocycles. The molecule has 0 spiro atoms. The van der Waals surface area contributed by atoms with Gasteiger partial charge in [-0.3, -0.25) is 4.79 Å². The zero-order chi connectivity index (χ0) is 17.0. The molecule has 0 fully saturated rings. The lowest BCUT2D eigenvalue weighted by Gasteiger charge is -2.12. The molecule has 122 valence electrons. The van der Waals surface area contributed by atoms with Crippen molar-refractivity contribution >= 4 is 23.2 Å². The van der Waals surface area contributed by atoms with Gasteiger partial charge in [0.2, 0.25) is 0 Å². The first kappa shape index (κ1) is 17.3. The minimum absolute atomic E-state index is 0.0495. The predicted molar refractivity (Wildman–Crippen MR) is 81.6 cm³/mol. The highest BCUT2D eigenvalue weighted by atomic mass is 35.5. The normalized spacial score (nSPS) is 12.0. The Morgan fingerprint density at radius 2 is 1.91 bits per heavy atom. The number of halogens is 4. The molecule has 3 nitrogen and oxygen atoms in total. The van der Waals surface area contributed by atoms with Gasteiger partial charge in [0.1, 0.15) is 11.9 Å². The number of carbonyl (C=O) groups excluding carboxylic acids is 1. The number of carbonyl (C=O) groups is 1. The molecule has 0 radical (unpaired) electrons. The van der Waals surface area contributed by atoms with Crippen molar-refractivity contribution in [1.82, 2.24) is 0 Å². The van der Waals surface area contributed by atoms with Crippen LogP contribution in [0.25, 0.3) is 0 Å². The van der Waals surface area contributed by atoms with Crippen LogP contribution < -0.4 is 10.6 Å². The summed E-state index contributed by atoms with van der Waals surface area (Å²) < 4.78 is 39.0. The maximum Gasteiger partial charge on any atom is 0.279 e. The summed E-state index contributed by atoms with van der Waals surface area (Å²) in [7, 11) is 0. The van der Waals surface area contributed by atoms with Gasteiger partial charge in [0, 0.05) is 5.56 Å². The number of nitrogens with one attached hydrogen (secondary N) is 1. The van der Waals surface area contributed by atoms with E-state index in [1.54, 1.807) is 12.2 Å². The zero-order valence-electron chi connectivity index (χ0n) is 12.2. The summed E-state index contributed by atoms with van der Waals surface area (Å²) in [5.41, 5.74) is 0.878. The van der Waals surface area contributed by atoms with E-state index in [-0.39, 0.29) is 23.5 Å². The summed E-state index contributed by atoms with van der Waals surface area (Å²) >= 11 is 5.82. The topological polar surface area (TPSA) is 45.7 Å². The van der Waals surface area contributed by atoms with Crippen LogP contribution in [0.4, 0.5) is 18.9 Å². The number of hydrogen-bond acceptors (Lipinski definition) is 1. The molecule has 7 heteroatoms. The minimum atomic E-state index is -0.926. The van der Waals surface area contributed by atoms with Gasteiger partial charge in [0.15, 0.2) is 18.2 Å². The van der Waals surface area contributed by atoms with E-state index in [1.165, 1.54) is 18.2 Å². The zero-order valence-corrected chi connectivity index (χ0v) is 13.0. The van der Waals surface area contributed by atoms with Crippen LogP contribution in [0.15, 0.2) is 36.4 Å². The molecule has 0 aliphatic heterocycles. The van der Waals surface area contributed by atoms with Gasteiger partial charge in [0.05, 0.1) is 10.7 Å². The fourth-order valence-electron chi connectivity index (χ4n) is 2.01. The monoisotopic (exact) mass is 343 g/mol. The molecule has 2 aromatic carbocycles. The summed E-state index contributed by atoms with van der Waals surface area (Å²) in [5, 5.41) is 4.33. The molecule has 3 N–H and O–H groups in total. The third-order valence-electron chi connectivity index (χ3n) is 3.33. The number of rotatable bonds is 5. The van der Waals surface area contributed by atoms with Crippen LogP contribution in [-0.4, -0.2) is 12.5 Å². The van der Waals surface area contributed by atoms with Crippen LogP contribution in [0.1, 0.15) is 18.5 Å². The molecule has 1 atom stereocenters. The molecule has 1 amide bonds. The number of hydrogen-bond donors (Lipinski definition) is 2. The Bertz CT molecular complexity index is 724. The molecule has 0 unspecified atom stereocenters. The first-order valence-corrected chi connectivity index (χ1v) is 7.28. The average Bonchev–Trinajstić information content (AvgIpc) is 2.50.